The second-order valence-electron chi connectivity index (χ2n) is 4.64. The van der Waals surface area contributed by atoms with Crippen LogP contribution in [0.15, 0.2) is 36.5 Å². The lowest BCUT2D eigenvalue weighted by Gasteiger charge is -2.19. The first-order chi connectivity index (χ1) is 10.2. The number of hydrogen-bond donors (Lipinski definition) is 1. The van der Waals surface area contributed by atoms with Crippen LogP contribution >= 0.6 is 0 Å². The SMILES string of the molecule is CCN(CC)c1ccc(NCc2cccc(F)c2F)cn1. The summed E-state index contributed by atoms with van der Waals surface area (Å²) in [7, 11) is 0. The summed E-state index contributed by atoms with van der Waals surface area (Å²) in [6.07, 6.45) is 1.70. The van der Waals surface area contributed by atoms with Crippen molar-refractivity contribution < 1.29 is 8.78 Å². The molecule has 1 aromatic heterocycles. The first-order valence-corrected chi connectivity index (χ1v) is 7.03. The summed E-state index contributed by atoms with van der Waals surface area (Å²) in [5, 5.41) is 3.04. The van der Waals surface area contributed by atoms with Crippen LogP contribution in [0.4, 0.5) is 20.3 Å². The molecule has 5 heteroatoms. The van der Waals surface area contributed by atoms with E-state index in [9.17, 15) is 8.78 Å². The first kappa shape index (κ1) is 15.2. The fraction of sp³-hybridized carbons (Fsp3) is 0.312. The normalized spacial score (nSPS) is 10.5. The van der Waals surface area contributed by atoms with Crippen molar-refractivity contribution in [2.24, 2.45) is 0 Å². The smallest absolute Gasteiger partial charge is 0.163 e. The topological polar surface area (TPSA) is 28.2 Å². The quantitative estimate of drug-likeness (QED) is 0.877. The zero-order valence-electron chi connectivity index (χ0n) is 12.2. The van der Waals surface area contributed by atoms with Crippen molar-refractivity contribution in [1.29, 1.82) is 0 Å². The molecule has 1 N–H and O–H groups in total. The van der Waals surface area contributed by atoms with E-state index < -0.39 is 11.6 Å². The first-order valence-electron chi connectivity index (χ1n) is 7.03. The molecule has 0 amide bonds. The van der Waals surface area contributed by atoms with Crippen LogP contribution in [-0.2, 0) is 6.54 Å². The molecule has 2 aromatic rings. The van der Waals surface area contributed by atoms with Crippen LogP contribution in [0.25, 0.3) is 0 Å². The molecule has 21 heavy (non-hydrogen) atoms. The molecule has 0 aliphatic rings. The number of pyridine rings is 1. The Labute approximate surface area is 123 Å². The average Bonchev–Trinajstić information content (AvgIpc) is 2.51. The van der Waals surface area contributed by atoms with Gasteiger partial charge in [-0.25, -0.2) is 13.8 Å². The highest BCUT2D eigenvalue weighted by Crippen LogP contribution is 2.16. The Hall–Kier alpha value is -2.17. The van der Waals surface area contributed by atoms with Gasteiger partial charge in [-0.1, -0.05) is 12.1 Å². The molecule has 1 heterocycles. The molecule has 0 spiro atoms. The summed E-state index contributed by atoms with van der Waals surface area (Å²) in [5.41, 5.74) is 1.07. The standard InChI is InChI=1S/C16H19F2N3/c1-3-21(4-2)15-9-8-13(11-20-15)19-10-12-6-5-7-14(17)16(12)18/h5-9,11,19H,3-4,10H2,1-2H3. The van der Waals surface area contributed by atoms with Crippen molar-refractivity contribution in [3.8, 4) is 0 Å². The summed E-state index contributed by atoms with van der Waals surface area (Å²) >= 11 is 0. The van der Waals surface area contributed by atoms with E-state index in [1.54, 1.807) is 12.3 Å². The van der Waals surface area contributed by atoms with E-state index in [0.29, 0.717) is 5.56 Å². The molecule has 0 unspecified atom stereocenters. The van der Waals surface area contributed by atoms with Gasteiger partial charge in [0.1, 0.15) is 5.82 Å². The summed E-state index contributed by atoms with van der Waals surface area (Å²) in [6.45, 7) is 6.15. The molecule has 0 bridgehead atoms. The lowest BCUT2D eigenvalue weighted by Crippen LogP contribution is -2.22. The van der Waals surface area contributed by atoms with Gasteiger partial charge in [-0.3, -0.25) is 0 Å². The number of rotatable bonds is 6. The van der Waals surface area contributed by atoms with E-state index >= 15 is 0 Å². The van der Waals surface area contributed by atoms with Gasteiger partial charge in [0.15, 0.2) is 11.6 Å². The van der Waals surface area contributed by atoms with Crippen LogP contribution in [0.1, 0.15) is 19.4 Å². The Morgan fingerprint density at radius 2 is 1.86 bits per heavy atom. The third-order valence-electron chi connectivity index (χ3n) is 3.35. The minimum atomic E-state index is -0.829. The number of anilines is 2. The van der Waals surface area contributed by atoms with Gasteiger partial charge in [-0.15, -0.1) is 0 Å². The Morgan fingerprint density at radius 1 is 1.10 bits per heavy atom. The molecule has 0 aliphatic heterocycles. The Balaban J connectivity index is 2.02. The van der Waals surface area contributed by atoms with Crippen LogP contribution in [0, 0.1) is 11.6 Å². The summed E-state index contributed by atoms with van der Waals surface area (Å²) in [6, 6.07) is 7.97. The molecule has 1 aromatic carbocycles. The van der Waals surface area contributed by atoms with Crippen molar-refractivity contribution in [2.75, 3.05) is 23.3 Å². The van der Waals surface area contributed by atoms with Gasteiger partial charge < -0.3 is 10.2 Å². The van der Waals surface area contributed by atoms with Crippen LogP contribution in [0.3, 0.4) is 0 Å². The number of nitrogens with one attached hydrogen (secondary N) is 1. The minimum absolute atomic E-state index is 0.218. The summed E-state index contributed by atoms with van der Waals surface area (Å²) in [4.78, 5) is 6.50. The molecule has 0 saturated carbocycles. The molecular formula is C16H19F2N3. The van der Waals surface area contributed by atoms with Gasteiger partial charge >= 0.3 is 0 Å². The third-order valence-corrected chi connectivity index (χ3v) is 3.35. The van der Waals surface area contributed by atoms with Gasteiger partial charge in [-0.2, -0.15) is 0 Å². The molecular weight excluding hydrogens is 272 g/mol. The Bertz CT molecular complexity index is 581. The fourth-order valence-electron chi connectivity index (χ4n) is 2.11. The molecule has 0 fully saturated rings. The Morgan fingerprint density at radius 3 is 2.48 bits per heavy atom. The van der Waals surface area contributed by atoms with Gasteiger partial charge in [0.25, 0.3) is 0 Å². The number of halogens is 2. The van der Waals surface area contributed by atoms with E-state index in [4.69, 9.17) is 0 Å². The van der Waals surface area contributed by atoms with Crippen molar-refractivity contribution >= 4 is 11.5 Å². The van der Waals surface area contributed by atoms with Crippen molar-refractivity contribution in [2.45, 2.75) is 20.4 Å². The fourth-order valence-corrected chi connectivity index (χ4v) is 2.11. The lowest BCUT2D eigenvalue weighted by atomic mass is 10.2. The maximum atomic E-state index is 13.5. The molecule has 0 atom stereocenters. The highest BCUT2D eigenvalue weighted by atomic mass is 19.2. The number of aromatic nitrogens is 1. The highest BCUT2D eigenvalue weighted by Gasteiger charge is 2.07. The summed E-state index contributed by atoms with van der Waals surface area (Å²) in [5.74, 6) is -0.732. The number of nitrogens with zero attached hydrogens (tertiary/aromatic N) is 2. The molecule has 0 radical (unpaired) electrons. The van der Waals surface area contributed by atoms with E-state index in [1.807, 2.05) is 12.1 Å². The molecule has 0 aliphatic carbocycles. The van der Waals surface area contributed by atoms with E-state index in [0.717, 1.165) is 30.7 Å². The van der Waals surface area contributed by atoms with Crippen molar-refractivity contribution in [3.05, 3.63) is 53.7 Å². The number of hydrogen-bond acceptors (Lipinski definition) is 3. The Kier molecular flexibility index (Phi) is 5.09. The summed E-state index contributed by atoms with van der Waals surface area (Å²) < 4.78 is 26.6. The zero-order valence-corrected chi connectivity index (χ0v) is 12.2. The van der Waals surface area contributed by atoms with Gasteiger partial charge in [-0.05, 0) is 32.0 Å². The predicted octanol–water partition coefficient (Wildman–Crippen LogP) is 3.82. The van der Waals surface area contributed by atoms with Crippen LogP contribution in [-0.4, -0.2) is 18.1 Å². The van der Waals surface area contributed by atoms with Crippen LogP contribution in [0.5, 0.6) is 0 Å². The van der Waals surface area contributed by atoms with Crippen molar-refractivity contribution in [3.63, 3.8) is 0 Å². The maximum absolute atomic E-state index is 13.5. The van der Waals surface area contributed by atoms with Gasteiger partial charge in [0.2, 0.25) is 0 Å². The van der Waals surface area contributed by atoms with E-state index in [-0.39, 0.29) is 6.54 Å². The molecule has 3 nitrogen and oxygen atoms in total. The number of benzene rings is 1. The van der Waals surface area contributed by atoms with E-state index in [2.05, 4.69) is 29.0 Å². The molecule has 2 rings (SSSR count). The lowest BCUT2D eigenvalue weighted by molar-refractivity contribution is 0.500. The van der Waals surface area contributed by atoms with E-state index in [1.165, 1.54) is 6.07 Å². The zero-order chi connectivity index (χ0) is 15.2. The predicted molar refractivity (Wildman–Crippen MR) is 81.5 cm³/mol. The van der Waals surface area contributed by atoms with Gasteiger partial charge in [0, 0.05) is 25.2 Å². The largest absolute Gasteiger partial charge is 0.380 e. The highest BCUT2D eigenvalue weighted by molar-refractivity contribution is 5.48. The van der Waals surface area contributed by atoms with Gasteiger partial charge in [0.05, 0.1) is 11.9 Å². The van der Waals surface area contributed by atoms with Crippen LogP contribution < -0.4 is 10.2 Å². The minimum Gasteiger partial charge on any atom is -0.380 e. The second kappa shape index (κ2) is 7.02. The average molecular weight is 291 g/mol. The third kappa shape index (κ3) is 3.68. The molecule has 112 valence electrons. The monoisotopic (exact) mass is 291 g/mol. The van der Waals surface area contributed by atoms with Crippen molar-refractivity contribution in [1.82, 2.24) is 4.98 Å². The maximum Gasteiger partial charge on any atom is 0.163 e. The molecule has 0 saturated heterocycles. The van der Waals surface area contributed by atoms with Crippen LogP contribution in [0.2, 0.25) is 0 Å². The second-order valence-corrected chi connectivity index (χ2v) is 4.64.